The molecule has 1 atom stereocenters. The molecular formula is C15H19N3O2. The van der Waals surface area contributed by atoms with Crippen LogP contribution in [0.25, 0.3) is 0 Å². The molecule has 0 saturated carbocycles. The minimum absolute atomic E-state index is 0.0319. The highest BCUT2D eigenvalue weighted by Gasteiger charge is 2.21. The van der Waals surface area contributed by atoms with Crippen LogP contribution in [0.5, 0.6) is 0 Å². The van der Waals surface area contributed by atoms with Crippen molar-refractivity contribution >= 4 is 23.2 Å². The molecule has 0 aliphatic carbocycles. The molecule has 2 aliphatic rings. The maximum absolute atomic E-state index is 12.1. The summed E-state index contributed by atoms with van der Waals surface area (Å²) in [6, 6.07) is 5.57. The van der Waals surface area contributed by atoms with Crippen LogP contribution < -0.4 is 16.0 Å². The minimum atomic E-state index is -0.0838. The largest absolute Gasteiger partial charge is 0.326 e. The highest BCUT2D eigenvalue weighted by molar-refractivity contribution is 5.97. The summed E-state index contributed by atoms with van der Waals surface area (Å²) < 4.78 is 0. The first-order valence-corrected chi connectivity index (χ1v) is 7.19. The number of piperidine rings is 1. The molecule has 1 fully saturated rings. The lowest BCUT2D eigenvalue weighted by Gasteiger charge is -2.23. The average Bonchev–Trinajstić information content (AvgIpc) is 2.48. The predicted molar refractivity (Wildman–Crippen MR) is 77.7 cm³/mol. The van der Waals surface area contributed by atoms with E-state index >= 15 is 0 Å². The van der Waals surface area contributed by atoms with Crippen molar-refractivity contribution in [1.82, 2.24) is 5.32 Å². The van der Waals surface area contributed by atoms with Gasteiger partial charge in [-0.1, -0.05) is 6.42 Å². The van der Waals surface area contributed by atoms with Gasteiger partial charge in [0, 0.05) is 17.8 Å². The number of hydrogen-bond acceptors (Lipinski definition) is 3. The molecule has 2 aliphatic heterocycles. The fourth-order valence-corrected chi connectivity index (χ4v) is 2.77. The number of aryl methyl sites for hydroxylation is 1. The van der Waals surface area contributed by atoms with Crippen molar-refractivity contribution in [2.24, 2.45) is 0 Å². The molecule has 5 nitrogen and oxygen atoms in total. The third-order valence-corrected chi connectivity index (χ3v) is 3.90. The first-order chi connectivity index (χ1) is 9.72. The monoisotopic (exact) mass is 273 g/mol. The minimum Gasteiger partial charge on any atom is -0.326 e. The van der Waals surface area contributed by atoms with E-state index in [1.807, 2.05) is 18.2 Å². The Balaban J connectivity index is 1.68. The molecule has 1 saturated heterocycles. The van der Waals surface area contributed by atoms with Gasteiger partial charge in [-0.25, -0.2) is 0 Å². The van der Waals surface area contributed by atoms with Crippen LogP contribution in [0.2, 0.25) is 0 Å². The Labute approximate surface area is 118 Å². The zero-order valence-corrected chi connectivity index (χ0v) is 11.4. The summed E-state index contributed by atoms with van der Waals surface area (Å²) in [4.78, 5) is 23.5. The summed E-state index contributed by atoms with van der Waals surface area (Å²) in [6.07, 6.45) is 4.37. The van der Waals surface area contributed by atoms with Gasteiger partial charge in [0.15, 0.2) is 0 Å². The first-order valence-electron chi connectivity index (χ1n) is 7.19. The van der Waals surface area contributed by atoms with E-state index in [-0.39, 0.29) is 17.9 Å². The topological polar surface area (TPSA) is 70.2 Å². The van der Waals surface area contributed by atoms with Crippen LogP contribution >= 0.6 is 0 Å². The molecule has 3 rings (SSSR count). The normalized spacial score (nSPS) is 21.8. The van der Waals surface area contributed by atoms with Gasteiger partial charge in [-0.3, -0.25) is 9.59 Å². The lowest BCUT2D eigenvalue weighted by atomic mass is 10.0. The average molecular weight is 273 g/mol. The molecule has 2 amide bonds. The van der Waals surface area contributed by atoms with Gasteiger partial charge >= 0.3 is 0 Å². The van der Waals surface area contributed by atoms with Crippen molar-refractivity contribution < 1.29 is 9.59 Å². The fraction of sp³-hybridized carbons (Fsp3) is 0.467. The van der Waals surface area contributed by atoms with Gasteiger partial charge in [-0.2, -0.15) is 0 Å². The number of rotatable bonds is 2. The van der Waals surface area contributed by atoms with E-state index in [1.165, 1.54) is 0 Å². The summed E-state index contributed by atoms with van der Waals surface area (Å²) >= 11 is 0. The lowest BCUT2D eigenvalue weighted by Crippen LogP contribution is -2.43. The highest BCUT2D eigenvalue weighted by atomic mass is 16.2. The standard InChI is InChI=1S/C15H19N3O2/c19-14-7-4-10-9-11(5-6-12(10)18-14)17-15(20)13-3-1-2-8-16-13/h5-6,9,13,16H,1-4,7-8H2,(H,17,20)(H,18,19)/t13-/m0/s1. The number of amides is 2. The second kappa shape index (κ2) is 5.63. The third-order valence-electron chi connectivity index (χ3n) is 3.90. The molecule has 0 bridgehead atoms. The van der Waals surface area contributed by atoms with E-state index < -0.39 is 0 Å². The fourth-order valence-electron chi connectivity index (χ4n) is 2.77. The Morgan fingerprint density at radius 3 is 2.95 bits per heavy atom. The van der Waals surface area contributed by atoms with Gasteiger partial charge in [-0.15, -0.1) is 0 Å². The summed E-state index contributed by atoms with van der Waals surface area (Å²) in [5.41, 5.74) is 2.74. The molecule has 5 heteroatoms. The number of carbonyl (C=O) groups is 2. The van der Waals surface area contributed by atoms with E-state index in [0.717, 1.165) is 49.2 Å². The summed E-state index contributed by atoms with van der Waals surface area (Å²) in [7, 11) is 0. The Morgan fingerprint density at radius 2 is 2.15 bits per heavy atom. The van der Waals surface area contributed by atoms with E-state index in [1.54, 1.807) is 0 Å². The first kappa shape index (κ1) is 13.1. The molecular weight excluding hydrogens is 254 g/mol. The molecule has 2 heterocycles. The van der Waals surface area contributed by atoms with Gasteiger partial charge in [0.05, 0.1) is 6.04 Å². The Hall–Kier alpha value is -1.88. The smallest absolute Gasteiger partial charge is 0.241 e. The maximum Gasteiger partial charge on any atom is 0.241 e. The number of carbonyl (C=O) groups excluding carboxylic acids is 2. The Kier molecular flexibility index (Phi) is 3.69. The van der Waals surface area contributed by atoms with E-state index in [9.17, 15) is 9.59 Å². The molecule has 1 aromatic carbocycles. The van der Waals surface area contributed by atoms with Gasteiger partial charge in [0.1, 0.15) is 0 Å². The second-order valence-electron chi connectivity index (χ2n) is 5.41. The summed E-state index contributed by atoms with van der Waals surface area (Å²) in [5, 5.41) is 9.04. The molecule has 3 N–H and O–H groups in total. The Bertz CT molecular complexity index is 536. The summed E-state index contributed by atoms with van der Waals surface area (Å²) in [6.45, 7) is 0.911. The van der Waals surface area contributed by atoms with Crippen LogP contribution in [0.3, 0.4) is 0 Å². The molecule has 0 aromatic heterocycles. The van der Waals surface area contributed by atoms with Gasteiger partial charge in [0.25, 0.3) is 0 Å². The number of nitrogens with one attached hydrogen (secondary N) is 3. The van der Waals surface area contributed by atoms with Crippen LogP contribution in [-0.4, -0.2) is 24.4 Å². The molecule has 0 radical (unpaired) electrons. The van der Waals surface area contributed by atoms with Crippen LogP contribution in [0.1, 0.15) is 31.2 Å². The van der Waals surface area contributed by atoms with Crippen molar-refractivity contribution in [3.63, 3.8) is 0 Å². The number of hydrogen-bond donors (Lipinski definition) is 3. The van der Waals surface area contributed by atoms with E-state index in [4.69, 9.17) is 0 Å². The predicted octanol–water partition coefficient (Wildman–Crippen LogP) is 1.65. The van der Waals surface area contributed by atoms with Crippen LogP contribution in [0.15, 0.2) is 18.2 Å². The number of benzene rings is 1. The van der Waals surface area contributed by atoms with E-state index in [0.29, 0.717) is 6.42 Å². The lowest BCUT2D eigenvalue weighted by molar-refractivity contribution is -0.118. The van der Waals surface area contributed by atoms with Crippen molar-refractivity contribution in [3.8, 4) is 0 Å². The molecule has 0 unspecified atom stereocenters. The van der Waals surface area contributed by atoms with Crippen LogP contribution in [-0.2, 0) is 16.0 Å². The van der Waals surface area contributed by atoms with Crippen molar-refractivity contribution in [2.75, 3.05) is 17.2 Å². The van der Waals surface area contributed by atoms with Gasteiger partial charge < -0.3 is 16.0 Å². The maximum atomic E-state index is 12.1. The zero-order chi connectivity index (χ0) is 13.9. The molecule has 1 aromatic rings. The van der Waals surface area contributed by atoms with Crippen molar-refractivity contribution in [3.05, 3.63) is 23.8 Å². The number of fused-ring (bicyclic) bond motifs is 1. The molecule has 20 heavy (non-hydrogen) atoms. The molecule has 106 valence electrons. The van der Waals surface area contributed by atoms with Crippen LogP contribution in [0.4, 0.5) is 11.4 Å². The quantitative estimate of drug-likeness (QED) is 0.767. The molecule has 0 spiro atoms. The van der Waals surface area contributed by atoms with Crippen molar-refractivity contribution in [2.45, 2.75) is 38.1 Å². The second-order valence-corrected chi connectivity index (χ2v) is 5.41. The Morgan fingerprint density at radius 1 is 1.25 bits per heavy atom. The number of anilines is 2. The summed E-state index contributed by atoms with van der Waals surface area (Å²) in [5.74, 6) is 0.0881. The highest BCUT2D eigenvalue weighted by Crippen LogP contribution is 2.25. The zero-order valence-electron chi connectivity index (χ0n) is 11.4. The van der Waals surface area contributed by atoms with Crippen molar-refractivity contribution in [1.29, 1.82) is 0 Å². The van der Waals surface area contributed by atoms with Gasteiger partial charge in [-0.05, 0) is 49.6 Å². The van der Waals surface area contributed by atoms with E-state index in [2.05, 4.69) is 16.0 Å². The SMILES string of the molecule is O=C1CCc2cc(NC(=O)[C@@H]3CCCCN3)ccc2N1. The third kappa shape index (κ3) is 2.82. The van der Waals surface area contributed by atoms with Crippen LogP contribution in [0, 0.1) is 0 Å². The van der Waals surface area contributed by atoms with Gasteiger partial charge in [0.2, 0.25) is 11.8 Å².